The maximum absolute atomic E-state index is 12.8. The minimum Gasteiger partial charge on any atom is -0.342 e. The molecule has 0 spiro atoms. The summed E-state index contributed by atoms with van der Waals surface area (Å²) in [4.78, 5) is 7.97. The number of benzene rings is 2. The van der Waals surface area contributed by atoms with Crippen LogP contribution in [0.5, 0.6) is 0 Å². The first-order valence-corrected chi connectivity index (χ1v) is 7.67. The Balaban J connectivity index is 1.54. The van der Waals surface area contributed by atoms with Crippen LogP contribution in [0.1, 0.15) is 23.9 Å². The summed E-state index contributed by atoms with van der Waals surface area (Å²) in [6, 6.07) is 12.9. The molecule has 0 aliphatic rings. The predicted octanol–water partition coefficient (Wildman–Crippen LogP) is 3.60. The van der Waals surface area contributed by atoms with Gasteiger partial charge in [0, 0.05) is 19.5 Å². The van der Waals surface area contributed by atoms with Crippen molar-refractivity contribution in [1.29, 1.82) is 0 Å². The smallest absolute Gasteiger partial charge is 0.123 e. The molecule has 0 atom stereocenters. The lowest BCUT2D eigenvalue weighted by atomic mass is 10.1. The molecule has 3 rings (SSSR count). The zero-order chi connectivity index (χ0) is 15.4. The molecule has 3 aromatic rings. The molecule has 0 radical (unpaired) electrons. The summed E-state index contributed by atoms with van der Waals surface area (Å²) in [5, 5.41) is 3.35. The van der Waals surface area contributed by atoms with E-state index in [0.717, 1.165) is 48.4 Å². The molecule has 3 nitrogen and oxygen atoms in total. The topological polar surface area (TPSA) is 40.7 Å². The van der Waals surface area contributed by atoms with Crippen LogP contribution >= 0.6 is 0 Å². The van der Waals surface area contributed by atoms with Crippen molar-refractivity contribution in [3.8, 4) is 0 Å². The molecule has 0 amide bonds. The summed E-state index contributed by atoms with van der Waals surface area (Å²) < 4.78 is 12.8. The van der Waals surface area contributed by atoms with Gasteiger partial charge in [-0.2, -0.15) is 0 Å². The van der Waals surface area contributed by atoms with Crippen LogP contribution in [0, 0.1) is 5.82 Å². The Labute approximate surface area is 129 Å². The number of halogens is 1. The molecule has 4 heteroatoms. The lowest BCUT2D eigenvalue weighted by molar-refractivity contribution is 0.624. The molecule has 1 heterocycles. The van der Waals surface area contributed by atoms with E-state index in [2.05, 4.69) is 40.4 Å². The van der Waals surface area contributed by atoms with Gasteiger partial charge in [0.2, 0.25) is 0 Å². The first-order valence-electron chi connectivity index (χ1n) is 7.67. The molecule has 0 aliphatic carbocycles. The summed E-state index contributed by atoms with van der Waals surface area (Å²) in [5.74, 6) is 0.798. The normalized spacial score (nSPS) is 11.2. The zero-order valence-corrected chi connectivity index (χ0v) is 12.7. The lowest BCUT2D eigenvalue weighted by Gasteiger charge is -2.03. The Morgan fingerprint density at radius 3 is 2.64 bits per heavy atom. The molecule has 2 aromatic carbocycles. The monoisotopic (exact) mass is 297 g/mol. The zero-order valence-electron chi connectivity index (χ0n) is 12.7. The number of aromatic amines is 1. The van der Waals surface area contributed by atoms with E-state index < -0.39 is 0 Å². The molecule has 0 aliphatic heterocycles. The average molecular weight is 297 g/mol. The van der Waals surface area contributed by atoms with E-state index in [-0.39, 0.29) is 5.82 Å². The maximum atomic E-state index is 12.8. The summed E-state index contributed by atoms with van der Waals surface area (Å²) in [6.07, 6.45) is 1.88. The highest BCUT2D eigenvalue weighted by atomic mass is 19.1. The van der Waals surface area contributed by atoms with Crippen molar-refractivity contribution in [3.05, 3.63) is 65.2 Å². The van der Waals surface area contributed by atoms with Gasteiger partial charge in [0.1, 0.15) is 11.6 Å². The van der Waals surface area contributed by atoms with Crippen LogP contribution in [0.2, 0.25) is 0 Å². The van der Waals surface area contributed by atoms with Gasteiger partial charge in [-0.1, -0.05) is 25.1 Å². The van der Waals surface area contributed by atoms with Crippen molar-refractivity contribution >= 4 is 11.0 Å². The Morgan fingerprint density at radius 2 is 1.86 bits per heavy atom. The SMILES string of the molecule is CCc1ccc2nc(CCNCc3ccc(F)cc3)[nH]c2c1. The maximum Gasteiger partial charge on any atom is 0.123 e. The van der Waals surface area contributed by atoms with Crippen LogP contribution in [-0.2, 0) is 19.4 Å². The summed E-state index contributed by atoms with van der Waals surface area (Å²) in [5.41, 5.74) is 4.52. The minimum absolute atomic E-state index is 0.197. The quantitative estimate of drug-likeness (QED) is 0.683. The Bertz CT molecular complexity index is 747. The molecule has 2 N–H and O–H groups in total. The molecule has 1 aromatic heterocycles. The number of nitrogens with one attached hydrogen (secondary N) is 2. The second-order valence-corrected chi connectivity index (χ2v) is 5.44. The van der Waals surface area contributed by atoms with Gasteiger partial charge in [0.05, 0.1) is 11.0 Å². The fourth-order valence-electron chi connectivity index (χ4n) is 2.49. The number of hydrogen-bond donors (Lipinski definition) is 2. The minimum atomic E-state index is -0.197. The van der Waals surface area contributed by atoms with Crippen LogP contribution in [0.3, 0.4) is 0 Å². The van der Waals surface area contributed by atoms with E-state index in [4.69, 9.17) is 0 Å². The molecule has 22 heavy (non-hydrogen) atoms. The largest absolute Gasteiger partial charge is 0.342 e. The summed E-state index contributed by atoms with van der Waals surface area (Å²) in [6.45, 7) is 3.72. The van der Waals surface area contributed by atoms with Crippen molar-refractivity contribution in [2.45, 2.75) is 26.3 Å². The van der Waals surface area contributed by atoms with E-state index in [9.17, 15) is 4.39 Å². The second-order valence-electron chi connectivity index (χ2n) is 5.44. The van der Waals surface area contributed by atoms with Crippen molar-refractivity contribution in [1.82, 2.24) is 15.3 Å². The van der Waals surface area contributed by atoms with Gasteiger partial charge in [-0.15, -0.1) is 0 Å². The van der Waals surface area contributed by atoms with Crippen molar-refractivity contribution in [3.63, 3.8) is 0 Å². The fraction of sp³-hybridized carbons (Fsp3) is 0.278. The summed E-state index contributed by atoms with van der Waals surface area (Å²) in [7, 11) is 0. The van der Waals surface area contributed by atoms with Gasteiger partial charge in [0.25, 0.3) is 0 Å². The number of imidazole rings is 1. The number of nitrogens with zero attached hydrogens (tertiary/aromatic N) is 1. The number of fused-ring (bicyclic) bond motifs is 1. The van der Waals surface area contributed by atoms with E-state index >= 15 is 0 Å². The first kappa shape index (κ1) is 14.7. The van der Waals surface area contributed by atoms with Crippen molar-refractivity contribution < 1.29 is 4.39 Å². The number of aromatic nitrogens is 2. The van der Waals surface area contributed by atoms with Crippen LogP contribution in [0.4, 0.5) is 4.39 Å². The van der Waals surface area contributed by atoms with Gasteiger partial charge in [-0.05, 0) is 41.8 Å². The van der Waals surface area contributed by atoms with Crippen molar-refractivity contribution in [2.75, 3.05) is 6.54 Å². The third-order valence-electron chi connectivity index (χ3n) is 3.78. The average Bonchev–Trinajstić information content (AvgIpc) is 2.95. The summed E-state index contributed by atoms with van der Waals surface area (Å²) >= 11 is 0. The highest BCUT2D eigenvalue weighted by Gasteiger charge is 2.03. The van der Waals surface area contributed by atoms with Gasteiger partial charge < -0.3 is 10.3 Å². The number of H-pyrrole nitrogens is 1. The molecule has 114 valence electrons. The van der Waals surface area contributed by atoms with E-state index in [1.54, 1.807) is 12.1 Å². The molecule has 0 fully saturated rings. The second kappa shape index (κ2) is 6.71. The molecule has 0 saturated heterocycles. The van der Waals surface area contributed by atoms with E-state index in [0.29, 0.717) is 0 Å². The third kappa shape index (κ3) is 3.52. The third-order valence-corrected chi connectivity index (χ3v) is 3.78. The van der Waals surface area contributed by atoms with Crippen LogP contribution in [0.25, 0.3) is 11.0 Å². The molecule has 0 saturated carbocycles. The van der Waals surface area contributed by atoms with Crippen LogP contribution in [0.15, 0.2) is 42.5 Å². The molecular weight excluding hydrogens is 277 g/mol. The Hall–Kier alpha value is -2.20. The lowest BCUT2D eigenvalue weighted by Crippen LogP contribution is -2.17. The number of hydrogen-bond acceptors (Lipinski definition) is 2. The number of rotatable bonds is 6. The van der Waals surface area contributed by atoms with Gasteiger partial charge in [-0.3, -0.25) is 0 Å². The highest BCUT2D eigenvalue weighted by molar-refractivity contribution is 5.75. The molecular formula is C18H20FN3. The first-order chi connectivity index (χ1) is 10.7. The van der Waals surface area contributed by atoms with E-state index in [1.165, 1.54) is 17.7 Å². The molecule has 0 bridgehead atoms. The standard InChI is InChI=1S/C18H20FN3/c1-2-13-5-8-16-17(11-13)22-18(21-16)9-10-20-12-14-3-6-15(19)7-4-14/h3-8,11,20H,2,9-10,12H2,1H3,(H,21,22). The van der Waals surface area contributed by atoms with Crippen molar-refractivity contribution in [2.24, 2.45) is 0 Å². The van der Waals surface area contributed by atoms with E-state index in [1.807, 2.05) is 0 Å². The van der Waals surface area contributed by atoms with Gasteiger partial charge >= 0.3 is 0 Å². The predicted molar refractivity (Wildman–Crippen MR) is 87.3 cm³/mol. The molecule has 0 unspecified atom stereocenters. The van der Waals surface area contributed by atoms with Crippen LogP contribution in [-0.4, -0.2) is 16.5 Å². The van der Waals surface area contributed by atoms with Gasteiger partial charge in [0.15, 0.2) is 0 Å². The van der Waals surface area contributed by atoms with Crippen LogP contribution < -0.4 is 5.32 Å². The fourth-order valence-corrected chi connectivity index (χ4v) is 2.49. The Kier molecular flexibility index (Phi) is 4.49. The highest BCUT2D eigenvalue weighted by Crippen LogP contribution is 2.14. The Morgan fingerprint density at radius 1 is 1.09 bits per heavy atom. The number of aryl methyl sites for hydroxylation is 1. The van der Waals surface area contributed by atoms with Gasteiger partial charge in [-0.25, -0.2) is 9.37 Å².